The molecule has 6 amide bonds. The predicted molar refractivity (Wildman–Crippen MR) is 187 cm³/mol. The first-order valence-electron chi connectivity index (χ1n) is 17.1. The van der Waals surface area contributed by atoms with Crippen molar-refractivity contribution in [2.24, 2.45) is 0 Å². The van der Waals surface area contributed by atoms with E-state index in [-0.39, 0.29) is 49.2 Å². The van der Waals surface area contributed by atoms with Gasteiger partial charge in [0.1, 0.15) is 17.8 Å². The number of carbonyl (C=O) groups is 6. The van der Waals surface area contributed by atoms with Gasteiger partial charge in [0.25, 0.3) is 0 Å². The normalized spacial score (nSPS) is 19.7. The number of esters is 1. The minimum atomic E-state index is -1.13. The van der Waals surface area contributed by atoms with Crippen molar-refractivity contribution in [2.45, 2.75) is 101 Å². The van der Waals surface area contributed by atoms with Gasteiger partial charge in [0.05, 0.1) is 31.3 Å². The summed E-state index contributed by atoms with van der Waals surface area (Å²) in [5.74, 6) is -1.44. The maximum absolute atomic E-state index is 13.4. The highest BCUT2D eigenvalue weighted by Crippen LogP contribution is 2.33. The van der Waals surface area contributed by atoms with Crippen molar-refractivity contribution < 1.29 is 43.7 Å². The van der Waals surface area contributed by atoms with Gasteiger partial charge < -0.3 is 46.9 Å². The molecule has 0 spiro atoms. The maximum Gasteiger partial charge on any atom is 0.330 e. The number of thioether (sulfide) groups is 1. The van der Waals surface area contributed by atoms with Crippen LogP contribution in [-0.2, 0) is 35.1 Å². The number of nitrogens with one attached hydrogen (secondary N) is 6. The molecule has 2 aliphatic heterocycles. The highest BCUT2D eigenvalue weighted by molar-refractivity contribution is 8.00. The molecule has 3 rings (SSSR count). The molecule has 8 N–H and O–H groups in total. The summed E-state index contributed by atoms with van der Waals surface area (Å²) < 4.78 is 4.83. The largest absolute Gasteiger partial charge is 0.508 e. The Morgan fingerprint density at radius 1 is 1.00 bits per heavy atom. The number of hydrogen-bond acceptors (Lipinski definition) is 10. The lowest BCUT2D eigenvalue weighted by Gasteiger charge is -2.24. The Morgan fingerprint density at radius 3 is 2.44 bits per heavy atom. The van der Waals surface area contributed by atoms with Crippen molar-refractivity contribution in [3.05, 3.63) is 42.0 Å². The average molecular weight is 719 g/mol. The van der Waals surface area contributed by atoms with Crippen LogP contribution in [0.4, 0.5) is 4.79 Å². The zero-order valence-corrected chi connectivity index (χ0v) is 29.4. The molecule has 1 aromatic carbocycles. The van der Waals surface area contributed by atoms with Gasteiger partial charge in [-0.2, -0.15) is 11.8 Å². The van der Waals surface area contributed by atoms with Gasteiger partial charge in [-0.25, -0.2) is 9.59 Å². The van der Waals surface area contributed by atoms with Gasteiger partial charge in [-0.05, 0) is 56.7 Å². The molecule has 16 heteroatoms. The average Bonchev–Trinajstić information content (AvgIpc) is 3.63. The Hall–Kier alpha value is -4.31. The lowest BCUT2D eigenvalue weighted by Crippen LogP contribution is -2.55. The van der Waals surface area contributed by atoms with Crippen LogP contribution in [-0.4, -0.2) is 107 Å². The van der Waals surface area contributed by atoms with Gasteiger partial charge in [-0.3, -0.25) is 19.2 Å². The smallest absolute Gasteiger partial charge is 0.330 e. The van der Waals surface area contributed by atoms with Crippen molar-refractivity contribution >= 4 is 47.4 Å². The van der Waals surface area contributed by atoms with E-state index in [1.165, 1.54) is 25.1 Å². The summed E-state index contributed by atoms with van der Waals surface area (Å²) in [5, 5.41) is 36.5. The molecule has 0 unspecified atom stereocenters. The maximum atomic E-state index is 13.4. The van der Waals surface area contributed by atoms with Crippen molar-refractivity contribution in [1.29, 1.82) is 0 Å². The van der Waals surface area contributed by atoms with Crippen LogP contribution >= 0.6 is 11.8 Å². The van der Waals surface area contributed by atoms with Crippen LogP contribution in [0.25, 0.3) is 0 Å². The van der Waals surface area contributed by atoms with Crippen molar-refractivity contribution in [2.75, 3.05) is 25.5 Å². The van der Waals surface area contributed by atoms with Crippen LogP contribution < -0.4 is 31.9 Å². The number of ether oxygens (including phenoxy) is 1. The van der Waals surface area contributed by atoms with E-state index < -0.39 is 48.4 Å². The van der Waals surface area contributed by atoms with Gasteiger partial charge in [0.2, 0.25) is 23.6 Å². The van der Waals surface area contributed by atoms with Crippen LogP contribution in [0.2, 0.25) is 0 Å². The number of aliphatic hydroxyl groups is 1. The predicted octanol–water partition coefficient (Wildman–Crippen LogP) is 0.533. The lowest BCUT2D eigenvalue weighted by molar-refractivity contribution is -0.137. The van der Waals surface area contributed by atoms with E-state index in [2.05, 4.69) is 31.9 Å². The standard InChI is InChI=1S/C34H50N6O9S/c1-3-49-30(45)16-13-23(19-41)37-33(47)26(18-22-11-14-24(43)15-12-22)38-32(46)25(36-21(2)42)8-6-7-17-35-29(44)10-5-4-9-28-31-27(20-50-28)39-34(48)40-31/h11-16,23,25-28,31,41,43H,3-10,17-20H2,1-2H3,(H,35,44)(H,36,42)(H,37,47)(H,38,46)(H2,39,40,48)/b16-13+/t23-,25+,26+,27+,28+,31+/m1/s1. The third-order valence-corrected chi connectivity index (χ3v) is 9.81. The molecular weight excluding hydrogens is 668 g/mol. The first-order chi connectivity index (χ1) is 24.0. The quantitative estimate of drug-likeness (QED) is 0.0381. The number of unbranched alkanes of at least 4 members (excludes halogenated alkanes) is 2. The molecule has 0 radical (unpaired) electrons. The van der Waals surface area contributed by atoms with E-state index in [0.29, 0.717) is 36.6 Å². The van der Waals surface area contributed by atoms with E-state index in [9.17, 15) is 39.0 Å². The molecule has 15 nitrogen and oxygen atoms in total. The molecule has 0 saturated carbocycles. The number of phenolic OH excluding ortho intramolecular Hbond substituents is 1. The molecule has 2 aliphatic rings. The highest BCUT2D eigenvalue weighted by atomic mass is 32.2. The zero-order valence-electron chi connectivity index (χ0n) is 28.6. The molecule has 276 valence electrons. The summed E-state index contributed by atoms with van der Waals surface area (Å²) in [6, 6.07) is 3.29. The minimum Gasteiger partial charge on any atom is -0.508 e. The zero-order chi connectivity index (χ0) is 36.5. The first-order valence-corrected chi connectivity index (χ1v) is 18.1. The van der Waals surface area contributed by atoms with Crippen LogP contribution in [0, 0.1) is 0 Å². The molecule has 2 fully saturated rings. The van der Waals surface area contributed by atoms with E-state index in [1.54, 1.807) is 19.1 Å². The number of amides is 6. The Morgan fingerprint density at radius 2 is 1.74 bits per heavy atom. The number of carbonyl (C=O) groups excluding carboxylic acids is 6. The molecule has 0 bridgehead atoms. The van der Waals surface area contributed by atoms with Gasteiger partial charge in [0, 0.05) is 43.4 Å². The third-order valence-electron chi connectivity index (χ3n) is 8.30. The summed E-state index contributed by atoms with van der Waals surface area (Å²) in [7, 11) is 0. The fourth-order valence-corrected chi connectivity index (χ4v) is 7.29. The number of rotatable bonds is 21. The number of aliphatic hydroxyl groups excluding tert-OH is 1. The minimum absolute atomic E-state index is 0.0286. The van der Waals surface area contributed by atoms with Crippen LogP contribution in [0.1, 0.15) is 64.4 Å². The monoisotopic (exact) mass is 718 g/mol. The Bertz CT molecular complexity index is 1340. The van der Waals surface area contributed by atoms with Crippen LogP contribution in [0.5, 0.6) is 5.75 Å². The number of hydrogen-bond donors (Lipinski definition) is 8. The number of aromatic hydroxyl groups is 1. The third kappa shape index (κ3) is 13.9. The topological polar surface area (TPSA) is 224 Å². The summed E-state index contributed by atoms with van der Waals surface area (Å²) >= 11 is 1.85. The fraction of sp³-hybridized carbons (Fsp3) is 0.588. The molecule has 2 heterocycles. The summed E-state index contributed by atoms with van der Waals surface area (Å²) in [4.78, 5) is 74.3. The summed E-state index contributed by atoms with van der Waals surface area (Å²) in [6.45, 7) is 2.97. The molecular formula is C34H50N6O9S. The fourth-order valence-electron chi connectivity index (χ4n) is 5.75. The molecule has 0 aromatic heterocycles. The second kappa shape index (κ2) is 21.0. The van der Waals surface area contributed by atoms with Crippen molar-refractivity contribution in [3.8, 4) is 5.75 Å². The molecule has 2 saturated heterocycles. The van der Waals surface area contributed by atoms with E-state index in [0.717, 1.165) is 31.1 Å². The summed E-state index contributed by atoms with van der Waals surface area (Å²) in [5.41, 5.74) is 0.628. The second-order valence-electron chi connectivity index (χ2n) is 12.3. The first kappa shape index (κ1) is 40.1. The van der Waals surface area contributed by atoms with E-state index in [4.69, 9.17) is 4.74 Å². The van der Waals surface area contributed by atoms with Crippen LogP contribution in [0.15, 0.2) is 36.4 Å². The molecule has 1 aromatic rings. The number of fused-ring (bicyclic) bond motifs is 1. The second-order valence-corrected chi connectivity index (χ2v) is 13.6. The van der Waals surface area contributed by atoms with Gasteiger partial charge in [-0.15, -0.1) is 0 Å². The molecule has 50 heavy (non-hydrogen) atoms. The molecule has 6 atom stereocenters. The summed E-state index contributed by atoms with van der Waals surface area (Å²) in [6.07, 6.45) is 6.68. The SMILES string of the molecule is CCOC(=O)/C=C/[C@H](CO)NC(=O)[C@H](Cc1ccc(O)cc1)NC(=O)[C@H](CCCCNC(=O)CCCC[C@@H]1SC[C@@H]2NC(=O)N[C@@H]21)NC(C)=O. The van der Waals surface area contributed by atoms with Crippen molar-refractivity contribution in [3.63, 3.8) is 0 Å². The van der Waals surface area contributed by atoms with Gasteiger partial charge >= 0.3 is 12.0 Å². The van der Waals surface area contributed by atoms with Gasteiger partial charge in [-0.1, -0.05) is 24.6 Å². The Labute approximate surface area is 296 Å². The van der Waals surface area contributed by atoms with Crippen LogP contribution in [0.3, 0.4) is 0 Å². The Kier molecular flexibility index (Phi) is 16.9. The lowest BCUT2D eigenvalue weighted by atomic mass is 10.0. The number of phenols is 1. The number of urea groups is 1. The highest BCUT2D eigenvalue weighted by Gasteiger charge is 2.42. The molecule has 0 aliphatic carbocycles. The Balaban J connectivity index is 1.47. The number of benzene rings is 1. The van der Waals surface area contributed by atoms with Gasteiger partial charge in [0.15, 0.2) is 0 Å². The van der Waals surface area contributed by atoms with Crippen molar-refractivity contribution in [1.82, 2.24) is 31.9 Å². The van der Waals surface area contributed by atoms with E-state index >= 15 is 0 Å². The van der Waals surface area contributed by atoms with E-state index in [1.807, 2.05) is 11.8 Å².